The molecule has 0 spiro atoms. The molecular weight excluding hydrogens is 500 g/mol. The molecule has 2 aromatic carbocycles. The normalized spacial score (nSPS) is 16.4. The van der Waals surface area contributed by atoms with Crippen LogP contribution < -0.4 is 5.32 Å². The van der Waals surface area contributed by atoms with Crippen molar-refractivity contribution >= 4 is 50.0 Å². The van der Waals surface area contributed by atoms with Crippen molar-refractivity contribution in [1.82, 2.24) is 9.88 Å². The maximum atomic E-state index is 12.5. The molecule has 178 valence electrons. The molecule has 2 heterocycles. The summed E-state index contributed by atoms with van der Waals surface area (Å²) >= 11 is 3.44. The molecule has 1 amide bonds. The third-order valence-corrected chi connectivity index (χ3v) is 6.22. The van der Waals surface area contributed by atoms with Crippen LogP contribution in [0.2, 0.25) is 0 Å². The van der Waals surface area contributed by atoms with E-state index in [2.05, 4.69) is 26.2 Å². The van der Waals surface area contributed by atoms with Crippen molar-refractivity contribution in [2.45, 2.75) is 45.1 Å². The highest BCUT2D eigenvalue weighted by Gasteiger charge is 2.28. The van der Waals surface area contributed by atoms with Crippen LogP contribution in [0.15, 0.2) is 53.1 Å². The predicted molar refractivity (Wildman–Crippen MR) is 136 cm³/mol. The quantitative estimate of drug-likeness (QED) is 0.297. The van der Waals surface area contributed by atoms with Crippen LogP contribution in [0, 0.1) is 10.1 Å². The number of anilines is 2. The number of likely N-dealkylation sites (tertiary alicyclic amines) is 1. The van der Waals surface area contributed by atoms with Crippen molar-refractivity contribution in [3.05, 3.63) is 68.8 Å². The van der Waals surface area contributed by atoms with Crippen LogP contribution in [-0.2, 0) is 4.74 Å². The fraction of sp³-hybridized carbons (Fsp3) is 0.360. The number of halogens is 1. The number of carbonyl (C=O) groups is 1. The number of carbonyl (C=O) groups excluding carboxylic acids is 1. The third kappa shape index (κ3) is 5.47. The van der Waals surface area contributed by atoms with Crippen LogP contribution in [0.25, 0.3) is 10.9 Å². The molecule has 1 atom stereocenters. The van der Waals surface area contributed by atoms with Crippen molar-refractivity contribution < 1.29 is 14.5 Å². The van der Waals surface area contributed by atoms with Crippen LogP contribution in [0.1, 0.15) is 45.1 Å². The Morgan fingerprint density at radius 1 is 1.24 bits per heavy atom. The summed E-state index contributed by atoms with van der Waals surface area (Å²) in [5, 5.41) is 15.5. The number of hydrogen-bond acceptors (Lipinski definition) is 6. The second kappa shape index (κ2) is 9.58. The number of benzene rings is 2. The summed E-state index contributed by atoms with van der Waals surface area (Å²) in [5.41, 5.74) is 2.31. The van der Waals surface area contributed by atoms with E-state index in [1.54, 1.807) is 4.90 Å². The van der Waals surface area contributed by atoms with Gasteiger partial charge in [0.05, 0.1) is 10.4 Å². The van der Waals surface area contributed by atoms with Gasteiger partial charge in [-0.15, -0.1) is 0 Å². The molecule has 1 N–H and O–H groups in total. The van der Waals surface area contributed by atoms with Crippen LogP contribution in [0.3, 0.4) is 0 Å². The zero-order valence-electron chi connectivity index (χ0n) is 19.4. The van der Waals surface area contributed by atoms with Crippen molar-refractivity contribution in [3.63, 3.8) is 0 Å². The van der Waals surface area contributed by atoms with Crippen molar-refractivity contribution in [2.75, 3.05) is 18.4 Å². The SMILES string of the molecule is CC(C)(C)OC(=O)N1CCCC(c2ccc(Nc3c([N+](=O)[O-])cnc4ccc(Br)cc34)cc2)C1. The standard InChI is InChI=1S/C25H27BrN4O4/c1-25(2,3)34-24(31)29-12-4-5-17(15-29)16-6-9-19(10-7-16)28-23-20-13-18(26)8-11-21(20)27-14-22(23)30(32)33/h6-11,13-14,17H,4-5,12,15H2,1-3H3,(H,27,28). The lowest BCUT2D eigenvalue weighted by Crippen LogP contribution is -2.42. The van der Waals surface area contributed by atoms with Gasteiger partial charge >= 0.3 is 11.8 Å². The Labute approximate surface area is 206 Å². The Balaban J connectivity index is 1.54. The highest BCUT2D eigenvalue weighted by Crippen LogP contribution is 2.36. The summed E-state index contributed by atoms with van der Waals surface area (Å²) in [6.07, 6.45) is 2.90. The molecule has 0 saturated carbocycles. The molecule has 4 rings (SSSR count). The van der Waals surface area contributed by atoms with Gasteiger partial charge in [-0.05, 0) is 69.5 Å². The summed E-state index contributed by atoms with van der Waals surface area (Å²) in [4.78, 5) is 29.7. The minimum atomic E-state index is -0.521. The summed E-state index contributed by atoms with van der Waals surface area (Å²) < 4.78 is 6.35. The summed E-state index contributed by atoms with van der Waals surface area (Å²) in [5.74, 6) is 0.211. The van der Waals surface area contributed by atoms with E-state index < -0.39 is 10.5 Å². The van der Waals surface area contributed by atoms with E-state index in [1.807, 2.05) is 63.2 Å². The Kier molecular flexibility index (Phi) is 6.74. The topological polar surface area (TPSA) is 97.6 Å². The fourth-order valence-electron chi connectivity index (χ4n) is 4.15. The average molecular weight is 527 g/mol. The number of hydrogen-bond donors (Lipinski definition) is 1. The zero-order chi connectivity index (χ0) is 24.5. The fourth-order valence-corrected chi connectivity index (χ4v) is 4.51. The maximum Gasteiger partial charge on any atom is 0.410 e. The van der Waals surface area contributed by atoms with Gasteiger partial charge in [-0.1, -0.05) is 28.1 Å². The lowest BCUT2D eigenvalue weighted by atomic mass is 9.90. The lowest BCUT2D eigenvalue weighted by Gasteiger charge is -2.34. The molecule has 1 saturated heterocycles. The second-order valence-corrected chi connectivity index (χ2v) is 10.4. The van der Waals surface area contributed by atoms with E-state index in [9.17, 15) is 14.9 Å². The van der Waals surface area contributed by atoms with Crippen molar-refractivity contribution in [1.29, 1.82) is 0 Å². The number of nitrogens with one attached hydrogen (secondary N) is 1. The number of pyridine rings is 1. The van der Waals surface area contributed by atoms with E-state index in [-0.39, 0.29) is 17.7 Å². The molecule has 0 radical (unpaired) electrons. The molecule has 9 heteroatoms. The van der Waals surface area contributed by atoms with Gasteiger partial charge in [-0.25, -0.2) is 9.78 Å². The molecule has 8 nitrogen and oxygen atoms in total. The molecule has 0 bridgehead atoms. The molecule has 1 aliphatic heterocycles. The number of nitrogens with zero attached hydrogens (tertiary/aromatic N) is 3. The Bertz CT molecular complexity index is 1220. The Hall–Kier alpha value is -3.20. The third-order valence-electron chi connectivity index (χ3n) is 5.73. The molecular formula is C25H27BrN4O4. The first-order valence-electron chi connectivity index (χ1n) is 11.2. The van der Waals surface area contributed by atoms with E-state index >= 15 is 0 Å². The Morgan fingerprint density at radius 3 is 2.65 bits per heavy atom. The van der Waals surface area contributed by atoms with Crippen LogP contribution in [-0.4, -0.2) is 39.6 Å². The number of amides is 1. The number of ether oxygens (including phenoxy) is 1. The summed E-state index contributed by atoms with van der Waals surface area (Å²) in [6, 6.07) is 13.3. The van der Waals surface area contributed by atoms with Gasteiger partial charge in [-0.2, -0.15) is 0 Å². The van der Waals surface area contributed by atoms with Gasteiger partial charge in [0.2, 0.25) is 0 Å². The molecule has 0 aliphatic carbocycles. The highest BCUT2D eigenvalue weighted by atomic mass is 79.9. The van der Waals surface area contributed by atoms with E-state index in [0.717, 1.165) is 28.6 Å². The summed E-state index contributed by atoms with van der Waals surface area (Å²) in [6.45, 7) is 6.91. The van der Waals surface area contributed by atoms with Crippen molar-refractivity contribution in [3.8, 4) is 0 Å². The number of nitro groups is 1. The predicted octanol–water partition coefficient (Wildman–Crippen LogP) is 6.76. The molecule has 1 fully saturated rings. The van der Waals surface area contributed by atoms with Gasteiger partial charge in [-0.3, -0.25) is 10.1 Å². The van der Waals surface area contributed by atoms with E-state index in [4.69, 9.17) is 4.74 Å². The molecule has 1 aromatic heterocycles. The average Bonchev–Trinajstić information content (AvgIpc) is 2.78. The number of rotatable bonds is 4. The van der Waals surface area contributed by atoms with Crippen molar-refractivity contribution in [2.24, 2.45) is 0 Å². The van der Waals surface area contributed by atoms with Gasteiger partial charge in [0.1, 0.15) is 17.5 Å². The highest BCUT2D eigenvalue weighted by molar-refractivity contribution is 9.10. The first-order chi connectivity index (χ1) is 16.1. The van der Waals surface area contributed by atoms with Crippen LogP contribution in [0.5, 0.6) is 0 Å². The molecule has 1 unspecified atom stereocenters. The number of aromatic nitrogens is 1. The van der Waals surface area contributed by atoms with Crippen LogP contribution in [0.4, 0.5) is 21.9 Å². The van der Waals surface area contributed by atoms with Crippen LogP contribution >= 0.6 is 15.9 Å². The first kappa shape index (κ1) is 23.9. The summed E-state index contributed by atoms with van der Waals surface area (Å²) in [7, 11) is 0. The molecule has 1 aliphatic rings. The minimum Gasteiger partial charge on any atom is -0.444 e. The van der Waals surface area contributed by atoms with E-state index in [0.29, 0.717) is 29.7 Å². The Morgan fingerprint density at radius 2 is 1.97 bits per heavy atom. The number of piperidine rings is 1. The lowest BCUT2D eigenvalue weighted by molar-refractivity contribution is -0.384. The molecule has 3 aromatic rings. The number of fused-ring (bicyclic) bond motifs is 1. The minimum absolute atomic E-state index is 0.0880. The smallest absolute Gasteiger partial charge is 0.410 e. The van der Waals surface area contributed by atoms with Gasteiger partial charge in [0, 0.05) is 34.6 Å². The zero-order valence-corrected chi connectivity index (χ0v) is 21.0. The van der Waals surface area contributed by atoms with Gasteiger partial charge < -0.3 is 15.0 Å². The van der Waals surface area contributed by atoms with Gasteiger partial charge in [0.15, 0.2) is 0 Å². The van der Waals surface area contributed by atoms with E-state index in [1.165, 1.54) is 6.20 Å². The maximum absolute atomic E-state index is 12.5. The monoisotopic (exact) mass is 526 g/mol. The second-order valence-electron chi connectivity index (χ2n) is 9.45. The first-order valence-corrected chi connectivity index (χ1v) is 12.0. The van der Waals surface area contributed by atoms with Gasteiger partial charge in [0.25, 0.3) is 0 Å². The molecule has 34 heavy (non-hydrogen) atoms. The largest absolute Gasteiger partial charge is 0.444 e.